The van der Waals surface area contributed by atoms with Crippen molar-refractivity contribution in [2.24, 2.45) is 5.73 Å². The van der Waals surface area contributed by atoms with Crippen molar-refractivity contribution in [1.29, 1.82) is 0 Å². The van der Waals surface area contributed by atoms with Gasteiger partial charge in [0.25, 0.3) is 0 Å². The topological polar surface area (TPSA) is 98.7 Å². The highest BCUT2D eigenvalue weighted by Crippen LogP contribution is 2.18. The van der Waals surface area contributed by atoms with Gasteiger partial charge in [0.2, 0.25) is 0 Å². The van der Waals surface area contributed by atoms with Gasteiger partial charge in [-0.1, -0.05) is 71.6 Å². The van der Waals surface area contributed by atoms with Crippen molar-refractivity contribution in [2.75, 3.05) is 13.2 Å². The van der Waals surface area contributed by atoms with Crippen molar-refractivity contribution in [3.05, 3.63) is 0 Å². The lowest BCUT2D eigenvalue weighted by atomic mass is 9.97. The molecule has 0 aromatic carbocycles. The molecule has 0 saturated heterocycles. The molecular weight excluding hydrogens is 280 g/mol. The number of aliphatic hydroxyl groups excluding tert-OH is 1. The van der Waals surface area contributed by atoms with Crippen molar-refractivity contribution >= 4 is 0 Å². The third kappa shape index (κ3) is 8.44. The van der Waals surface area contributed by atoms with Crippen molar-refractivity contribution in [2.45, 2.75) is 95.9 Å². The first-order valence-electron chi connectivity index (χ1n) is 9.03. The first-order valence-corrected chi connectivity index (χ1v) is 9.03. The number of nitrogens with two attached hydrogens (primary N) is 1. The van der Waals surface area contributed by atoms with Gasteiger partial charge in [-0.15, -0.1) is 0 Å². The van der Waals surface area contributed by atoms with E-state index in [1.165, 1.54) is 51.4 Å². The zero-order chi connectivity index (χ0) is 16.9. The molecule has 0 heterocycles. The minimum absolute atomic E-state index is 0.234. The molecule has 5 nitrogen and oxygen atoms in total. The van der Waals surface area contributed by atoms with Crippen molar-refractivity contribution < 1.29 is 15.3 Å². The molecule has 0 rings (SSSR count). The molecule has 5 heteroatoms. The molecule has 0 aliphatic heterocycles. The van der Waals surface area contributed by atoms with Crippen LogP contribution in [0.15, 0.2) is 0 Å². The summed E-state index contributed by atoms with van der Waals surface area (Å²) in [4.78, 5) is 0. The number of rotatable bonds is 15. The second kappa shape index (κ2) is 12.3. The van der Waals surface area contributed by atoms with Gasteiger partial charge in [-0.05, 0) is 19.4 Å². The quantitative estimate of drug-likeness (QED) is 0.236. The minimum Gasteiger partial charge on any atom is -0.392 e. The fourth-order valence-corrected chi connectivity index (χ4v) is 2.62. The maximum atomic E-state index is 10.2. The summed E-state index contributed by atoms with van der Waals surface area (Å²) in [6.45, 7) is 3.86. The normalized spacial score (nSPS) is 17.2. The molecule has 0 radical (unpaired) electrons. The van der Waals surface area contributed by atoms with Crippen molar-refractivity contribution in [3.63, 3.8) is 0 Å². The molecule has 0 saturated carbocycles. The van der Waals surface area contributed by atoms with Crippen LogP contribution in [0.4, 0.5) is 0 Å². The Hall–Kier alpha value is -0.200. The molecule has 0 bridgehead atoms. The monoisotopic (exact) mass is 318 g/mol. The van der Waals surface area contributed by atoms with Crippen molar-refractivity contribution in [1.82, 2.24) is 5.32 Å². The maximum Gasteiger partial charge on any atom is 0.179 e. The Morgan fingerprint density at radius 2 is 1.27 bits per heavy atom. The zero-order valence-corrected chi connectivity index (χ0v) is 14.6. The summed E-state index contributed by atoms with van der Waals surface area (Å²) in [7, 11) is 0. The highest BCUT2D eigenvalue weighted by molar-refractivity contribution is 4.92. The average molecular weight is 319 g/mol. The van der Waals surface area contributed by atoms with Crippen LogP contribution in [-0.2, 0) is 0 Å². The van der Waals surface area contributed by atoms with Crippen LogP contribution < -0.4 is 11.1 Å². The molecule has 134 valence electrons. The molecule has 0 aromatic rings. The zero-order valence-electron chi connectivity index (χ0n) is 14.6. The van der Waals surface area contributed by atoms with E-state index < -0.39 is 18.1 Å². The van der Waals surface area contributed by atoms with E-state index >= 15 is 0 Å². The molecule has 0 aliphatic carbocycles. The molecule has 0 aliphatic rings. The summed E-state index contributed by atoms with van der Waals surface area (Å²) in [5, 5.41) is 32.0. The molecule has 0 aromatic heterocycles. The summed E-state index contributed by atoms with van der Waals surface area (Å²) in [5.41, 5.74) is 1.88. The highest BCUT2D eigenvalue weighted by Gasteiger charge is 2.44. The van der Waals surface area contributed by atoms with Gasteiger partial charge < -0.3 is 15.3 Å². The Morgan fingerprint density at radius 3 is 1.68 bits per heavy atom. The van der Waals surface area contributed by atoms with Crippen LogP contribution in [0.1, 0.15) is 84.5 Å². The van der Waals surface area contributed by atoms with Gasteiger partial charge >= 0.3 is 0 Å². The van der Waals surface area contributed by atoms with E-state index in [1.54, 1.807) is 6.92 Å². The molecule has 6 N–H and O–H groups in total. The second-order valence-electron chi connectivity index (χ2n) is 6.40. The van der Waals surface area contributed by atoms with Crippen LogP contribution in [0.2, 0.25) is 0 Å². The summed E-state index contributed by atoms with van der Waals surface area (Å²) in [6, 6.07) is 0. The first-order chi connectivity index (χ1) is 10.4. The molecule has 0 spiro atoms. The maximum absolute atomic E-state index is 10.2. The molecular formula is C17H38N2O3. The lowest BCUT2D eigenvalue weighted by Crippen LogP contribution is -2.69. The van der Waals surface area contributed by atoms with E-state index in [2.05, 4.69) is 12.2 Å². The third-order valence-corrected chi connectivity index (χ3v) is 4.42. The predicted octanol–water partition coefficient (Wildman–Crippen LogP) is 2.24. The van der Waals surface area contributed by atoms with Gasteiger partial charge in [0.05, 0.1) is 6.61 Å². The standard InChI is InChI=1S/C17H38N2O3/c1-3-5-6-7-8-9-10-11-12-13-14-19-17(22,4-2)16(18,21)15-20/h19-22H,3-15,18H2,1-2H3. The summed E-state index contributed by atoms with van der Waals surface area (Å²) in [5.74, 6) is 0. The van der Waals surface area contributed by atoms with Gasteiger partial charge in [0.1, 0.15) is 0 Å². The van der Waals surface area contributed by atoms with Gasteiger partial charge in [0.15, 0.2) is 11.4 Å². The van der Waals surface area contributed by atoms with Gasteiger partial charge in [0, 0.05) is 0 Å². The Kier molecular flexibility index (Phi) is 12.1. The molecule has 2 unspecified atom stereocenters. The van der Waals surface area contributed by atoms with Crippen LogP contribution in [0.25, 0.3) is 0 Å². The average Bonchev–Trinajstić information content (AvgIpc) is 2.52. The Morgan fingerprint density at radius 1 is 0.818 bits per heavy atom. The largest absolute Gasteiger partial charge is 0.392 e. The fourth-order valence-electron chi connectivity index (χ4n) is 2.62. The number of nitrogens with one attached hydrogen (secondary N) is 1. The van der Waals surface area contributed by atoms with Crippen molar-refractivity contribution in [3.8, 4) is 0 Å². The van der Waals surface area contributed by atoms with Crippen LogP contribution in [0, 0.1) is 0 Å². The number of unbranched alkanes of at least 4 members (excludes halogenated alkanes) is 9. The SMILES string of the molecule is CCCCCCCCCCCCNC(O)(CC)C(N)(O)CO. The molecule has 22 heavy (non-hydrogen) atoms. The van der Waals surface area contributed by atoms with Gasteiger partial charge in [-0.25, -0.2) is 0 Å². The Balaban J connectivity index is 3.60. The Bertz CT molecular complexity index is 262. The molecule has 2 atom stereocenters. The lowest BCUT2D eigenvalue weighted by Gasteiger charge is -2.39. The van der Waals surface area contributed by atoms with Crippen LogP contribution in [0.3, 0.4) is 0 Å². The van der Waals surface area contributed by atoms with Crippen LogP contribution >= 0.6 is 0 Å². The lowest BCUT2D eigenvalue weighted by molar-refractivity contribution is -0.187. The summed E-state index contributed by atoms with van der Waals surface area (Å²) < 4.78 is 0. The smallest absolute Gasteiger partial charge is 0.179 e. The molecule has 0 fully saturated rings. The van der Waals surface area contributed by atoms with E-state index in [-0.39, 0.29) is 6.42 Å². The van der Waals surface area contributed by atoms with E-state index in [0.29, 0.717) is 6.54 Å². The van der Waals surface area contributed by atoms with E-state index in [9.17, 15) is 10.2 Å². The first kappa shape index (κ1) is 21.8. The highest BCUT2D eigenvalue weighted by atomic mass is 16.4. The Labute approximate surface area is 136 Å². The van der Waals surface area contributed by atoms with Crippen LogP contribution in [0.5, 0.6) is 0 Å². The van der Waals surface area contributed by atoms with Gasteiger partial charge in [-0.3, -0.25) is 11.1 Å². The third-order valence-electron chi connectivity index (χ3n) is 4.42. The number of aliphatic hydroxyl groups is 3. The van der Waals surface area contributed by atoms with E-state index in [0.717, 1.165) is 12.8 Å². The summed E-state index contributed by atoms with van der Waals surface area (Å²) in [6.07, 6.45) is 12.8. The fraction of sp³-hybridized carbons (Fsp3) is 1.00. The summed E-state index contributed by atoms with van der Waals surface area (Å²) >= 11 is 0. The molecule has 0 amide bonds. The van der Waals surface area contributed by atoms with Gasteiger partial charge in [-0.2, -0.15) is 0 Å². The number of hydrogen-bond donors (Lipinski definition) is 5. The second-order valence-corrected chi connectivity index (χ2v) is 6.40. The minimum atomic E-state index is -2.01. The van der Waals surface area contributed by atoms with Crippen LogP contribution in [-0.4, -0.2) is 39.9 Å². The number of hydrogen-bond acceptors (Lipinski definition) is 5. The van der Waals surface area contributed by atoms with E-state index in [4.69, 9.17) is 10.8 Å². The van der Waals surface area contributed by atoms with E-state index in [1.807, 2.05) is 0 Å². The predicted molar refractivity (Wildman–Crippen MR) is 91.3 cm³/mol.